The minimum Gasteiger partial charge on any atom is -0.352 e. The number of nitrogens with zero attached hydrogens (tertiary/aromatic N) is 3. The van der Waals surface area contributed by atoms with E-state index in [-0.39, 0.29) is 12.1 Å². The van der Waals surface area contributed by atoms with Crippen LogP contribution in [0.5, 0.6) is 0 Å². The van der Waals surface area contributed by atoms with E-state index in [2.05, 4.69) is 102 Å². The zero-order valence-electron chi connectivity index (χ0n) is 19.2. The molecular weight excluding hydrogens is 424 g/mol. The van der Waals surface area contributed by atoms with Gasteiger partial charge in [-0.3, -0.25) is 4.98 Å². The standard InChI is InChI=1S/C28H28N4S/c1-19-20(2)32(23-14-8-5-9-15-23)21(3)25(19)27-26(24-16-10-11-17-29-24)30-28(33)31(27)18-22-12-6-4-7-13-22/h4-17,26-27H,18H2,1-3H3,(H,30,33)/t26-,27+/m0/s1. The summed E-state index contributed by atoms with van der Waals surface area (Å²) in [6, 6.07) is 27.2. The van der Waals surface area contributed by atoms with Crippen LogP contribution in [0.3, 0.4) is 0 Å². The minimum absolute atomic E-state index is 0.0224. The van der Waals surface area contributed by atoms with Crippen molar-refractivity contribution in [2.75, 3.05) is 0 Å². The van der Waals surface area contributed by atoms with Crippen molar-refractivity contribution in [2.24, 2.45) is 0 Å². The third-order valence-electron chi connectivity index (χ3n) is 6.71. The van der Waals surface area contributed by atoms with Crippen LogP contribution in [0.15, 0.2) is 85.1 Å². The van der Waals surface area contributed by atoms with Crippen molar-refractivity contribution in [1.29, 1.82) is 0 Å². The fourth-order valence-corrected chi connectivity index (χ4v) is 5.38. The van der Waals surface area contributed by atoms with Crippen LogP contribution in [0.4, 0.5) is 0 Å². The van der Waals surface area contributed by atoms with E-state index < -0.39 is 0 Å². The highest BCUT2D eigenvalue weighted by Crippen LogP contribution is 2.44. The summed E-state index contributed by atoms with van der Waals surface area (Å²) in [7, 11) is 0. The van der Waals surface area contributed by atoms with Crippen LogP contribution in [0.25, 0.3) is 5.69 Å². The van der Waals surface area contributed by atoms with E-state index in [9.17, 15) is 0 Å². The molecular formula is C28H28N4S. The molecule has 2 aromatic heterocycles. The van der Waals surface area contributed by atoms with Gasteiger partial charge in [-0.25, -0.2) is 0 Å². The predicted molar refractivity (Wildman–Crippen MR) is 137 cm³/mol. The predicted octanol–water partition coefficient (Wildman–Crippen LogP) is 5.97. The molecule has 1 aliphatic rings. The summed E-state index contributed by atoms with van der Waals surface area (Å²) >= 11 is 5.89. The van der Waals surface area contributed by atoms with Gasteiger partial charge in [-0.05, 0) is 68.4 Å². The average molecular weight is 453 g/mol. The van der Waals surface area contributed by atoms with Gasteiger partial charge < -0.3 is 14.8 Å². The van der Waals surface area contributed by atoms with Crippen molar-refractivity contribution < 1.29 is 0 Å². The number of aromatic nitrogens is 2. The van der Waals surface area contributed by atoms with E-state index in [0.717, 1.165) is 17.4 Å². The normalized spacial score (nSPS) is 17.9. The summed E-state index contributed by atoms with van der Waals surface area (Å²) in [4.78, 5) is 7.03. The highest BCUT2D eigenvalue weighted by molar-refractivity contribution is 7.80. The number of pyridine rings is 1. The maximum Gasteiger partial charge on any atom is 0.170 e. The topological polar surface area (TPSA) is 33.1 Å². The van der Waals surface area contributed by atoms with Gasteiger partial charge in [0.15, 0.2) is 5.11 Å². The lowest BCUT2D eigenvalue weighted by Gasteiger charge is -2.29. The van der Waals surface area contributed by atoms with Gasteiger partial charge in [0.25, 0.3) is 0 Å². The number of thiocarbonyl (C=S) groups is 1. The number of rotatable bonds is 5. The van der Waals surface area contributed by atoms with Crippen LogP contribution in [-0.4, -0.2) is 19.6 Å². The molecule has 0 unspecified atom stereocenters. The van der Waals surface area contributed by atoms with Gasteiger partial charge in [0.2, 0.25) is 0 Å². The number of hydrogen-bond acceptors (Lipinski definition) is 2. The molecule has 1 N–H and O–H groups in total. The van der Waals surface area contributed by atoms with Gasteiger partial charge in [0.05, 0.1) is 17.8 Å². The Morgan fingerprint density at radius 1 is 0.848 bits per heavy atom. The highest BCUT2D eigenvalue weighted by Gasteiger charge is 2.42. The van der Waals surface area contributed by atoms with Crippen LogP contribution in [-0.2, 0) is 6.54 Å². The van der Waals surface area contributed by atoms with Crippen LogP contribution < -0.4 is 5.32 Å². The molecule has 2 aromatic carbocycles. The summed E-state index contributed by atoms with van der Waals surface area (Å²) in [6.07, 6.45) is 1.86. The second-order valence-electron chi connectivity index (χ2n) is 8.62. The molecule has 4 aromatic rings. The molecule has 4 nitrogen and oxygen atoms in total. The van der Waals surface area contributed by atoms with Crippen molar-refractivity contribution in [3.63, 3.8) is 0 Å². The maximum atomic E-state index is 5.89. The molecule has 1 fully saturated rings. The number of nitrogens with one attached hydrogen (secondary N) is 1. The van der Waals surface area contributed by atoms with Crippen molar-refractivity contribution >= 4 is 17.3 Å². The van der Waals surface area contributed by atoms with Crippen molar-refractivity contribution in [1.82, 2.24) is 19.8 Å². The number of hydrogen-bond donors (Lipinski definition) is 1. The number of para-hydroxylation sites is 1. The van der Waals surface area contributed by atoms with Gasteiger partial charge in [0, 0.05) is 35.4 Å². The Morgan fingerprint density at radius 3 is 2.18 bits per heavy atom. The van der Waals surface area contributed by atoms with Gasteiger partial charge in [-0.15, -0.1) is 0 Å². The smallest absolute Gasteiger partial charge is 0.170 e. The van der Waals surface area contributed by atoms with Crippen molar-refractivity contribution in [3.05, 3.63) is 119 Å². The van der Waals surface area contributed by atoms with Crippen LogP contribution in [0.1, 0.15) is 45.9 Å². The Balaban J connectivity index is 1.67. The SMILES string of the molecule is Cc1c([C@@H]2[C@H](c3ccccn3)NC(=S)N2Cc2ccccc2)c(C)n(-c2ccccc2)c1C. The Bertz CT molecular complexity index is 1270. The lowest BCUT2D eigenvalue weighted by Crippen LogP contribution is -2.29. The molecule has 1 saturated heterocycles. The van der Waals surface area contributed by atoms with E-state index in [4.69, 9.17) is 17.2 Å². The molecule has 2 atom stereocenters. The van der Waals surface area contributed by atoms with E-state index in [1.807, 2.05) is 18.3 Å². The first kappa shape index (κ1) is 21.4. The third-order valence-corrected chi connectivity index (χ3v) is 7.06. The van der Waals surface area contributed by atoms with Gasteiger partial charge in [0.1, 0.15) is 0 Å². The van der Waals surface area contributed by atoms with Crippen molar-refractivity contribution in [2.45, 2.75) is 39.4 Å². The lowest BCUT2D eigenvalue weighted by atomic mass is 9.93. The summed E-state index contributed by atoms with van der Waals surface area (Å²) in [6.45, 7) is 7.40. The Kier molecular flexibility index (Phi) is 5.73. The monoisotopic (exact) mass is 452 g/mol. The molecule has 0 amide bonds. The Labute approximate surface area is 200 Å². The van der Waals surface area contributed by atoms with E-state index >= 15 is 0 Å². The molecule has 5 heteroatoms. The summed E-state index contributed by atoms with van der Waals surface area (Å²) in [5.74, 6) is 0. The second kappa shape index (κ2) is 8.83. The Hall–Kier alpha value is -3.44. The largest absolute Gasteiger partial charge is 0.352 e. The van der Waals surface area contributed by atoms with Crippen LogP contribution >= 0.6 is 12.2 Å². The molecule has 0 bridgehead atoms. The maximum absolute atomic E-state index is 5.89. The van der Waals surface area contributed by atoms with Crippen LogP contribution in [0, 0.1) is 20.8 Å². The van der Waals surface area contributed by atoms with Crippen LogP contribution in [0.2, 0.25) is 0 Å². The summed E-state index contributed by atoms with van der Waals surface area (Å²) in [5, 5.41) is 4.36. The first-order chi connectivity index (χ1) is 16.1. The van der Waals surface area contributed by atoms with Gasteiger partial charge in [-0.2, -0.15) is 0 Å². The molecule has 0 radical (unpaired) electrons. The Morgan fingerprint density at radius 2 is 1.52 bits per heavy atom. The second-order valence-corrected chi connectivity index (χ2v) is 9.01. The quantitative estimate of drug-likeness (QED) is 0.378. The number of benzene rings is 2. The molecule has 5 rings (SSSR count). The zero-order valence-corrected chi connectivity index (χ0v) is 20.0. The van der Waals surface area contributed by atoms with Crippen molar-refractivity contribution in [3.8, 4) is 5.69 Å². The lowest BCUT2D eigenvalue weighted by molar-refractivity contribution is 0.309. The highest BCUT2D eigenvalue weighted by atomic mass is 32.1. The third kappa shape index (κ3) is 3.83. The minimum atomic E-state index is -0.0224. The van der Waals surface area contributed by atoms with Gasteiger partial charge in [-0.1, -0.05) is 54.6 Å². The molecule has 3 heterocycles. The molecule has 166 valence electrons. The fraction of sp³-hybridized carbons (Fsp3) is 0.214. The van der Waals surface area contributed by atoms with Gasteiger partial charge >= 0.3 is 0 Å². The molecule has 0 spiro atoms. The summed E-state index contributed by atoms with van der Waals surface area (Å²) in [5.41, 5.74) is 8.53. The zero-order chi connectivity index (χ0) is 22.9. The summed E-state index contributed by atoms with van der Waals surface area (Å²) < 4.78 is 2.36. The first-order valence-corrected chi connectivity index (χ1v) is 11.7. The first-order valence-electron chi connectivity index (χ1n) is 11.3. The molecule has 1 aliphatic heterocycles. The van der Waals surface area contributed by atoms with E-state index in [1.54, 1.807) is 0 Å². The molecule has 33 heavy (non-hydrogen) atoms. The molecule has 0 saturated carbocycles. The average Bonchev–Trinajstić information content (AvgIpc) is 3.27. The van der Waals surface area contributed by atoms with E-state index in [1.165, 1.54) is 33.8 Å². The fourth-order valence-electron chi connectivity index (χ4n) is 5.08. The molecule has 0 aliphatic carbocycles. The van der Waals surface area contributed by atoms with E-state index in [0.29, 0.717) is 0 Å².